The molecule has 1 saturated heterocycles. The van der Waals surface area contributed by atoms with E-state index in [-0.39, 0.29) is 36.1 Å². The highest BCUT2D eigenvalue weighted by molar-refractivity contribution is 7.90. The van der Waals surface area contributed by atoms with E-state index >= 15 is 0 Å². The molecular weight excluding hydrogens is 268 g/mol. The Balaban J connectivity index is 2.67. The predicted molar refractivity (Wildman–Crippen MR) is 72.3 cm³/mol. The van der Waals surface area contributed by atoms with Crippen molar-refractivity contribution < 1.29 is 18.0 Å². The number of imide groups is 1. The lowest BCUT2D eigenvalue weighted by molar-refractivity contribution is -0.141. The fourth-order valence-electron chi connectivity index (χ4n) is 2.27. The van der Waals surface area contributed by atoms with Crippen LogP contribution in [0.5, 0.6) is 0 Å². The van der Waals surface area contributed by atoms with Gasteiger partial charge in [0.25, 0.3) is 0 Å². The molecule has 0 spiro atoms. The van der Waals surface area contributed by atoms with Gasteiger partial charge in [-0.3, -0.25) is 14.5 Å². The van der Waals surface area contributed by atoms with Crippen molar-refractivity contribution in [3.8, 4) is 0 Å². The smallest absolute Gasteiger partial charge is 0.247 e. The van der Waals surface area contributed by atoms with Gasteiger partial charge in [0, 0.05) is 18.3 Å². The zero-order chi connectivity index (χ0) is 14.8. The van der Waals surface area contributed by atoms with Gasteiger partial charge in [-0.1, -0.05) is 6.92 Å². The molecule has 6 nitrogen and oxygen atoms in total. The number of hydrogen-bond acceptors (Lipinski definition) is 5. The van der Waals surface area contributed by atoms with Gasteiger partial charge in [0.05, 0.1) is 18.2 Å². The third-order valence-corrected chi connectivity index (χ3v) is 4.36. The first-order valence-electron chi connectivity index (χ1n) is 6.45. The molecule has 1 N–H and O–H groups in total. The van der Waals surface area contributed by atoms with Gasteiger partial charge in [-0.15, -0.1) is 0 Å². The van der Waals surface area contributed by atoms with Crippen LogP contribution in [0.4, 0.5) is 0 Å². The summed E-state index contributed by atoms with van der Waals surface area (Å²) in [5.74, 6) is -0.489. The first-order chi connectivity index (χ1) is 8.65. The molecule has 3 unspecified atom stereocenters. The molecule has 1 fully saturated rings. The first kappa shape index (κ1) is 16.1. The van der Waals surface area contributed by atoms with Gasteiger partial charge in [-0.25, -0.2) is 8.42 Å². The number of hydrogen-bond donors (Lipinski definition) is 1. The molecule has 0 bridgehead atoms. The molecule has 1 aliphatic rings. The number of likely N-dealkylation sites (tertiary alicyclic amines) is 1. The van der Waals surface area contributed by atoms with Crippen molar-refractivity contribution >= 4 is 21.7 Å². The second-order valence-corrected chi connectivity index (χ2v) is 7.46. The van der Waals surface area contributed by atoms with E-state index in [4.69, 9.17) is 0 Å². The Bertz CT molecular complexity index is 460. The van der Waals surface area contributed by atoms with Gasteiger partial charge in [0.1, 0.15) is 9.84 Å². The normalized spacial score (nSPS) is 23.8. The predicted octanol–water partition coefficient (Wildman–Crippen LogP) is -0.0649. The third kappa shape index (κ3) is 4.28. The second kappa shape index (κ2) is 6.00. The molecule has 7 heteroatoms. The molecule has 0 aromatic heterocycles. The summed E-state index contributed by atoms with van der Waals surface area (Å²) in [6, 6.07) is -1.07. The Morgan fingerprint density at radius 2 is 1.95 bits per heavy atom. The lowest BCUT2D eigenvalue weighted by atomic mass is 10.2. The van der Waals surface area contributed by atoms with E-state index < -0.39 is 15.9 Å². The Hall–Kier alpha value is -0.950. The zero-order valence-electron chi connectivity index (χ0n) is 11.8. The van der Waals surface area contributed by atoms with Crippen LogP contribution in [0.3, 0.4) is 0 Å². The monoisotopic (exact) mass is 290 g/mol. The second-order valence-electron chi connectivity index (χ2n) is 5.28. The minimum atomic E-state index is -3.10. The van der Waals surface area contributed by atoms with E-state index in [9.17, 15) is 18.0 Å². The van der Waals surface area contributed by atoms with E-state index in [0.717, 1.165) is 6.26 Å². The summed E-state index contributed by atoms with van der Waals surface area (Å²) in [6.07, 6.45) is 1.97. The number of carbonyl (C=O) groups is 2. The van der Waals surface area contributed by atoms with Crippen LogP contribution < -0.4 is 5.32 Å². The van der Waals surface area contributed by atoms with Crippen LogP contribution in [0.25, 0.3) is 0 Å². The molecule has 110 valence electrons. The summed E-state index contributed by atoms with van der Waals surface area (Å²) in [5.41, 5.74) is 0. The number of amides is 2. The average molecular weight is 290 g/mol. The number of nitrogens with zero attached hydrogens (tertiary/aromatic N) is 1. The van der Waals surface area contributed by atoms with Crippen LogP contribution in [0, 0.1) is 0 Å². The Kier molecular flexibility index (Phi) is 5.09. The van der Waals surface area contributed by atoms with E-state index in [1.807, 2.05) is 13.8 Å². The van der Waals surface area contributed by atoms with Crippen LogP contribution in [0.1, 0.15) is 33.6 Å². The number of nitrogens with one attached hydrogen (secondary N) is 1. The van der Waals surface area contributed by atoms with Gasteiger partial charge in [0.2, 0.25) is 11.8 Å². The van der Waals surface area contributed by atoms with Crippen molar-refractivity contribution in [2.24, 2.45) is 0 Å². The van der Waals surface area contributed by atoms with E-state index in [1.54, 1.807) is 6.92 Å². The molecule has 0 saturated carbocycles. The Morgan fingerprint density at radius 1 is 1.37 bits per heavy atom. The van der Waals surface area contributed by atoms with Gasteiger partial charge in [-0.2, -0.15) is 0 Å². The summed E-state index contributed by atoms with van der Waals surface area (Å²) in [4.78, 5) is 25.2. The maximum atomic E-state index is 12.1. The molecule has 0 aromatic rings. The topological polar surface area (TPSA) is 83.6 Å². The number of rotatable bonds is 6. The lowest BCUT2D eigenvalue weighted by Gasteiger charge is -2.22. The van der Waals surface area contributed by atoms with E-state index in [1.165, 1.54) is 4.90 Å². The van der Waals surface area contributed by atoms with Crippen molar-refractivity contribution in [3.63, 3.8) is 0 Å². The molecule has 3 atom stereocenters. The van der Waals surface area contributed by atoms with Gasteiger partial charge >= 0.3 is 0 Å². The van der Waals surface area contributed by atoms with Gasteiger partial charge in [-0.05, 0) is 20.3 Å². The minimum absolute atomic E-state index is 0.0473. The van der Waals surface area contributed by atoms with Crippen molar-refractivity contribution in [3.05, 3.63) is 0 Å². The number of carbonyl (C=O) groups excluding carboxylic acids is 2. The zero-order valence-corrected chi connectivity index (χ0v) is 12.7. The molecule has 1 rings (SSSR count). The SMILES string of the molecule is CCC(C)N1C(=O)CC(NC(C)CS(C)(=O)=O)C1=O. The van der Waals surface area contributed by atoms with E-state index in [0.29, 0.717) is 6.42 Å². The molecule has 2 amide bonds. The highest BCUT2D eigenvalue weighted by Gasteiger charge is 2.40. The van der Waals surface area contributed by atoms with Crippen molar-refractivity contribution in [1.29, 1.82) is 0 Å². The Labute approximate surface area is 114 Å². The summed E-state index contributed by atoms with van der Waals surface area (Å²) < 4.78 is 22.4. The molecule has 0 radical (unpaired) electrons. The molecule has 19 heavy (non-hydrogen) atoms. The maximum absolute atomic E-state index is 12.1. The minimum Gasteiger partial charge on any atom is -0.302 e. The highest BCUT2D eigenvalue weighted by Crippen LogP contribution is 2.18. The van der Waals surface area contributed by atoms with Crippen LogP contribution in [-0.2, 0) is 19.4 Å². The van der Waals surface area contributed by atoms with Gasteiger partial charge in [0.15, 0.2) is 0 Å². The summed E-state index contributed by atoms with van der Waals surface area (Å²) in [5, 5.41) is 2.93. The third-order valence-electron chi connectivity index (χ3n) is 3.25. The number of sulfone groups is 1. The van der Waals surface area contributed by atoms with E-state index in [2.05, 4.69) is 5.32 Å². The van der Waals surface area contributed by atoms with Crippen LogP contribution in [0.15, 0.2) is 0 Å². The highest BCUT2D eigenvalue weighted by atomic mass is 32.2. The maximum Gasteiger partial charge on any atom is 0.247 e. The largest absolute Gasteiger partial charge is 0.302 e. The quantitative estimate of drug-likeness (QED) is 0.693. The molecule has 1 aliphatic heterocycles. The lowest BCUT2D eigenvalue weighted by Crippen LogP contribution is -2.46. The van der Waals surface area contributed by atoms with Crippen molar-refractivity contribution in [2.75, 3.05) is 12.0 Å². The van der Waals surface area contributed by atoms with Crippen molar-refractivity contribution in [1.82, 2.24) is 10.2 Å². The van der Waals surface area contributed by atoms with Gasteiger partial charge < -0.3 is 5.32 Å². The van der Waals surface area contributed by atoms with Crippen LogP contribution >= 0.6 is 0 Å². The Morgan fingerprint density at radius 3 is 2.42 bits per heavy atom. The summed E-state index contributed by atoms with van der Waals surface area (Å²) in [6.45, 7) is 5.45. The molecule has 1 heterocycles. The van der Waals surface area contributed by atoms with Crippen molar-refractivity contribution in [2.45, 2.75) is 51.7 Å². The fraction of sp³-hybridized carbons (Fsp3) is 0.833. The fourth-order valence-corrected chi connectivity index (χ4v) is 3.28. The molecule has 0 aliphatic carbocycles. The molecule has 0 aromatic carbocycles. The summed E-state index contributed by atoms with van der Waals surface area (Å²) >= 11 is 0. The van der Waals surface area contributed by atoms with Crippen LogP contribution in [-0.4, -0.2) is 55.3 Å². The molecular formula is C12H22N2O4S. The van der Waals surface area contributed by atoms with Crippen LogP contribution in [0.2, 0.25) is 0 Å². The summed E-state index contributed by atoms with van der Waals surface area (Å²) in [7, 11) is -3.10. The standard InChI is InChI=1S/C12H22N2O4S/c1-5-9(3)14-11(15)6-10(12(14)16)13-8(2)7-19(4,17)18/h8-10,13H,5-7H2,1-4H3. The first-order valence-corrected chi connectivity index (χ1v) is 8.51. The average Bonchev–Trinajstić information content (AvgIpc) is 2.50.